The highest BCUT2D eigenvalue weighted by atomic mass is 35.5. The van der Waals surface area contributed by atoms with Gasteiger partial charge in [0.05, 0.1) is 15.5 Å². The Morgan fingerprint density at radius 3 is 2.33 bits per heavy atom. The van der Waals surface area contributed by atoms with Gasteiger partial charge in [-0.25, -0.2) is 8.42 Å². The summed E-state index contributed by atoms with van der Waals surface area (Å²) in [6, 6.07) is 10.1. The molecule has 30 heavy (non-hydrogen) atoms. The van der Waals surface area contributed by atoms with Gasteiger partial charge in [-0.2, -0.15) is 0 Å². The van der Waals surface area contributed by atoms with E-state index in [1.54, 1.807) is 0 Å². The van der Waals surface area contributed by atoms with Crippen molar-refractivity contribution in [2.24, 2.45) is 5.92 Å². The standard InChI is InChI=1S/C22H25ClN2O4S/c1-14-5-3-4-6-19(14)25-22(27)16-7-12-21(20(13-16)24-15(2)26)30(28,29)18-10-8-17(23)9-11-18/h7-14,19H,3-6H2,1-2H3,(H,24,26)(H,25,27)/t14-,19-/m1/s1. The fraction of sp³-hybridized carbons (Fsp3) is 0.364. The maximum Gasteiger partial charge on any atom is 0.251 e. The topological polar surface area (TPSA) is 92.3 Å². The van der Waals surface area contributed by atoms with Gasteiger partial charge in [-0.15, -0.1) is 0 Å². The number of amides is 2. The van der Waals surface area contributed by atoms with Crippen molar-refractivity contribution in [3.05, 3.63) is 53.1 Å². The monoisotopic (exact) mass is 448 g/mol. The maximum absolute atomic E-state index is 13.1. The van der Waals surface area contributed by atoms with Crippen LogP contribution in [-0.2, 0) is 14.6 Å². The summed E-state index contributed by atoms with van der Waals surface area (Å²) in [6.07, 6.45) is 4.23. The Morgan fingerprint density at radius 1 is 1.03 bits per heavy atom. The first-order valence-corrected chi connectivity index (χ1v) is 11.8. The number of carbonyl (C=O) groups is 2. The molecule has 2 amide bonds. The predicted octanol–water partition coefficient (Wildman–Crippen LogP) is 4.44. The highest BCUT2D eigenvalue weighted by Gasteiger charge is 2.26. The Balaban J connectivity index is 1.94. The van der Waals surface area contributed by atoms with E-state index in [1.807, 2.05) is 0 Å². The Labute approximate surface area is 181 Å². The summed E-state index contributed by atoms with van der Waals surface area (Å²) in [5, 5.41) is 6.01. The minimum atomic E-state index is -3.92. The van der Waals surface area contributed by atoms with Crippen molar-refractivity contribution in [3.8, 4) is 0 Å². The van der Waals surface area contributed by atoms with Crippen LogP contribution in [-0.4, -0.2) is 26.3 Å². The Bertz CT molecular complexity index is 1050. The van der Waals surface area contributed by atoms with Crippen LogP contribution in [0.15, 0.2) is 52.3 Å². The number of nitrogens with one attached hydrogen (secondary N) is 2. The molecule has 6 nitrogen and oxygen atoms in total. The second kappa shape index (κ2) is 9.18. The minimum absolute atomic E-state index is 0.0479. The molecule has 1 aliphatic rings. The quantitative estimate of drug-likeness (QED) is 0.707. The lowest BCUT2D eigenvalue weighted by molar-refractivity contribution is -0.114. The van der Waals surface area contributed by atoms with Crippen molar-refractivity contribution in [1.29, 1.82) is 0 Å². The zero-order valence-electron chi connectivity index (χ0n) is 16.9. The number of anilines is 1. The van der Waals surface area contributed by atoms with Gasteiger partial charge in [-0.1, -0.05) is 31.4 Å². The summed E-state index contributed by atoms with van der Waals surface area (Å²) >= 11 is 5.86. The van der Waals surface area contributed by atoms with Gasteiger partial charge in [-0.3, -0.25) is 9.59 Å². The fourth-order valence-corrected chi connectivity index (χ4v) is 5.24. The average molecular weight is 449 g/mol. The smallest absolute Gasteiger partial charge is 0.251 e. The van der Waals surface area contributed by atoms with E-state index < -0.39 is 15.7 Å². The molecular weight excluding hydrogens is 424 g/mol. The van der Waals surface area contributed by atoms with Gasteiger partial charge in [0.1, 0.15) is 0 Å². The van der Waals surface area contributed by atoms with E-state index in [4.69, 9.17) is 11.6 Å². The van der Waals surface area contributed by atoms with Gasteiger partial charge in [0.2, 0.25) is 15.7 Å². The first-order valence-electron chi connectivity index (χ1n) is 9.91. The van der Waals surface area contributed by atoms with Gasteiger partial charge >= 0.3 is 0 Å². The first kappa shape index (κ1) is 22.3. The molecule has 0 unspecified atom stereocenters. The summed E-state index contributed by atoms with van der Waals surface area (Å²) in [7, 11) is -3.92. The van der Waals surface area contributed by atoms with Crippen molar-refractivity contribution in [2.45, 2.75) is 55.4 Å². The Hall–Kier alpha value is -2.38. The van der Waals surface area contributed by atoms with E-state index in [9.17, 15) is 18.0 Å². The molecule has 2 aromatic carbocycles. The van der Waals surface area contributed by atoms with Crippen LogP contribution < -0.4 is 10.6 Å². The molecule has 0 aliphatic heterocycles. The average Bonchev–Trinajstić information content (AvgIpc) is 2.69. The fourth-order valence-electron chi connectivity index (χ4n) is 3.72. The highest BCUT2D eigenvalue weighted by molar-refractivity contribution is 7.91. The van der Waals surface area contributed by atoms with E-state index in [0.29, 0.717) is 16.5 Å². The van der Waals surface area contributed by atoms with E-state index in [1.165, 1.54) is 49.4 Å². The number of hydrogen-bond acceptors (Lipinski definition) is 4. The van der Waals surface area contributed by atoms with E-state index in [-0.39, 0.29) is 27.4 Å². The first-order chi connectivity index (χ1) is 14.2. The predicted molar refractivity (Wildman–Crippen MR) is 117 cm³/mol. The van der Waals surface area contributed by atoms with Crippen LogP contribution in [0.25, 0.3) is 0 Å². The Kier molecular flexibility index (Phi) is 6.83. The molecule has 3 rings (SSSR count). The van der Waals surface area contributed by atoms with Crippen molar-refractivity contribution >= 4 is 38.9 Å². The molecule has 0 heterocycles. The number of benzene rings is 2. The molecule has 2 aromatic rings. The summed E-state index contributed by atoms with van der Waals surface area (Å²) in [4.78, 5) is 24.4. The normalized spacial score (nSPS) is 19.2. The van der Waals surface area contributed by atoms with Crippen molar-refractivity contribution in [2.75, 3.05) is 5.32 Å². The SMILES string of the molecule is CC(=O)Nc1cc(C(=O)N[C@@H]2CCCC[C@H]2C)ccc1S(=O)(=O)c1ccc(Cl)cc1. The van der Waals surface area contributed by atoms with Crippen molar-refractivity contribution < 1.29 is 18.0 Å². The molecule has 0 saturated heterocycles. The van der Waals surface area contributed by atoms with E-state index in [2.05, 4.69) is 17.6 Å². The molecule has 8 heteroatoms. The molecule has 1 aliphatic carbocycles. The van der Waals surface area contributed by atoms with Gasteiger partial charge in [0, 0.05) is 23.6 Å². The van der Waals surface area contributed by atoms with Crippen LogP contribution in [0.4, 0.5) is 5.69 Å². The number of hydrogen-bond donors (Lipinski definition) is 2. The van der Waals surface area contributed by atoms with Crippen LogP contribution in [0.1, 0.15) is 49.9 Å². The van der Waals surface area contributed by atoms with Crippen molar-refractivity contribution in [1.82, 2.24) is 5.32 Å². The lowest BCUT2D eigenvalue weighted by atomic mass is 9.86. The summed E-state index contributed by atoms with van der Waals surface area (Å²) in [5.74, 6) is -0.320. The van der Waals surface area contributed by atoms with Crippen LogP contribution >= 0.6 is 11.6 Å². The van der Waals surface area contributed by atoms with Gasteiger partial charge in [0.15, 0.2) is 0 Å². The lowest BCUT2D eigenvalue weighted by Crippen LogP contribution is -2.41. The van der Waals surface area contributed by atoms with Gasteiger partial charge in [-0.05, 0) is 61.2 Å². The van der Waals surface area contributed by atoms with E-state index >= 15 is 0 Å². The van der Waals surface area contributed by atoms with Crippen LogP contribution in [0.3, 0.4) is 0 Å². The van der Waals surface area contributed by atoms with Crippen LogP contribution in [0.5, 0.6) is 0 Å². The molecule has 0 aromatic heterocycles. The molecular formula is C22H25ClN2O4S. The summed E-state index contributed by atoms with van der Waals surface area (Å²) in [6.45, 7) is 3.41. The molecule has 0 radical (unpaired) electrons. The highest BCUT2D eigenvalue weighted by Crippen LogP contribution is 2.30. The minimum Gasteiger partial charge on any atom is -0.349 e. The second-order valence-electron chi connectivity index (χ2n) is 7.69. The summed E-state index contributed by atoms with van der Waals surface area (Å²) < 4.78 is 26.2. The van der Waals surface area contributed by atoms with Gasteiger partial charge in [0.25, 0.3) is 5.91 Å². The lowest BCUT2D eigenvalue weighted by Gasteiger charge is -2.29. The van der Waals surface area contributed by atoms with Crippen LogP contribution in [0.2, 0.25) is 5.02 Å². The molecule has 2 atom stereocenters. The largest absolute Gasteiger partial charge is 0.349 e. The molecule has 0 bridgehead atoms. The third-order valence-corrected chi connectivity index (χ3v) is 7.47. The zero-order chi connectivity index (χ0) is 21.9. The third-order valence-electron chi connectivity index (χ3n) is 5.39. The zero-order valence-corrected chi connectivity index (χ0v) is 18.5. The second-order valence-corrected chi connectivity index (χ2v) is 10.0. The molecule has 1 saturated carbocycles. The number of halogens is 1. The molecule has 2 N–H and O–H groups in total. The third kappa shape index (κ3) is 5.02. The van der Waals surface area contributed by atoms with Crippen molar-refractivity contribution in [3.63, 3.8) is 0 Å². The van der Waals surface area contributed by atoms with Crippen LogP contribution in [0, 0.1) is 5.92 Å². The van der Waals surface area contributed by atoms with E-state index in [0.717, 1.165) is 25.7 Å². The molecule has 0 spiro atoms. The maximum atomic E-state index is 13.1. The summed E-state index contributed by atoms with van der Waals surface area (Å²) in [5.41, 5.74) is 0.369. The molecule has 160 valence electrons. The van der Waals surface area contributed by atoms with Gasteiger partial charge < -0.3 is 10.6 Å². The number of sulfone groups is 1. The number of carbonyl (C=O) groups excluding carboxylic acids is 2. The number of rotatable bonds is 5. The molecule has 1 fully saturated rings. The Morgan fingerprint density at radius 2 is 1.70 bits per heavy atom.